The summed E-state index contributed by atoms with van der Waals surface area (Å²) in [6.45, 7) is 2.19. The lowest BCUT2D eigenvalue weighted by molar-refractivity contribution is 0.795. The Morgan fingerprint density at radius 1 is 0.960 bits per heavy atom. The predicted octanol–water partition coefficient (Wildman–Crippen LogP) is 3.84. The third-order valence-electron chi connectivity index (χ3n) is 4.01. The molecule has 5 heteroatoms. The van der Waals surface area contributed by atoms with Gasteiger partial charge in [0.2, 0.25) is 5.95 Å². The van der Waals surface area contributed by atoms with Crippen LogP contribution in [-0.4, -0.2) is 15.2 Å². The van der Waals surface area contributed by atoms with Crippen LogP contribution in [0.5, 0.6) is 0 Å². The zero-order valence-corrected chi connectivity index (χ0v) is 14.3. The molecule has 0 radical (unpaired) electrons. The number of nitrogens with zero attached hydrogens (tertiary/aromatic N) is 2. The first-order chi connectivity index (χ1) is 12.2. The van der Waals surface area contributed by atoms with E-state index in [-0.39, 0.29) is 5.56 Å². The van der Waals surface area contributed by atoms with Crippen molar-refractivity contribution in [3.05, 3.63) is 81.8 Å². The number of benzene rings is 2. The highest BCUT2D eigenvalue weighted by atomic mass is 16.1. The van der Waals surface area contributed by atoms with Gasteiger partial charge in [-0.2, -0.15) is 0 Å². The largest absolute Gasteiger partial charge is 0.324 e. The average Bonchev–Trinajstić information content (AvgIpc) is 2.64. The highest BCUT2D eigenvalue weighted by Gasteiger charge is 2.06. The Bertz CT molecular complexity index is 857. The molecule has 3 aromatic rings. The Balaban J connectivity index is 1.67. The molecule has 5 nitrogen and oxygen atoms in total. The summed E-state index contributed by atoms with van der Waals surface area (Å²) in [6.07, 6.45) is 3.93. The molecule has 0 aliphatic heterocycles. The molecular weight excluding hydrogens is 312 g/mol. The normalized spacial score (nSPS) is 10.6. The molecule has 0 unspecified atom stereocenters. The zero-order chi connectivity index (χ0) is 17.5. The van der Waals surface area contributed by atoms with Gasteiger partial charge in [0.25, 0.3) is 5.56 Å². The summed E-state index contributed by atoms with van der Waals surface area (Å²) < 4.78 is 0. The maximum atomic E-state index is 12.2. The molecule has 0 spiro atoms. The Labute approximate surface area is 147 Å². The molecule has 128 valence electrons. The second-order valence-corrected chi connectivity index (χ2v) is 6.04. The van der Waals surface area contributed by atoms with Crippen molar-refractivity contribution < 1.29 is 0 Å². The van der Waals surface area contributed by atoms with Crippen LogP contribution in [-0.2, 0) is 12.8 Å². The number of aromatic nitrogens is 3. The summed E-state index contributed by atoms with van der Waals surface area (Å²) in [7, 11) is 0. The molecule has 0 bridgehead atoms. The maximum Gasteiger partial charge on any atom is 0.274 e. The van der Waals surface area contributed by atoms with Crippen LogP contribution in [0.1, 0.15) is 36.6 Å². The summed E-state index contributed by atoms with van der Waals surface area (Å²) in [5.74, 6) is 0.350. The van der Waals surface area contributed by atoms with Crippen LogP contribution in [0, 0.1) is 0 Å². The third kappa shape index (κ3) is 4.76. The summed E-state index contributed by atoms with van der Waals surface area (Å²) in [6, 6.07) is 17.9. The first-order valence-corrected chi connectivity index (χ1v) is 8.60. The number of anilines is 2. The van der Waals surface area contributed by atoms with E-state index in [1.807, 2.05) is 42.5 Å². The van der Waals surface area contributed by atoms with E-state index >= 15 is 0 Å². The van der Waals surface area contributed by atoms with E-state index in [1.54, 1.807) is 0 Å². The monoisotopic (exact) mass is 334 g/mol. The van der Waals surface area contributed by atoms with Crippen molar-refractivity contribution in [2.75, 3.05) is 5.32 Å². The molecule has 3 rings (SSSR count). The van der Waals surface area contributed by atoms with E-state index in [9.17, 15) is 4.79 Å². The summed E-state index contributed by atoms with van der Waals surface area (Å²) in [5, 5.41) is 11.2. The zero-order valence-electron chi connectivity index (χ0n) is 14.3. The fourth-order valence-corrected chi connectivity index (χ4v) is 2.59. The van der Waals surface area contributed by atoms with Gasteiger partial charge in [0.15, 0.2) is 0 Å². The van der Waals surface area contributed by atoms with Crippen LogP contribution < -0.4 is 10.9 Å². The minimum atomic E-state index is -0.221. The molecule has 0 aliphatic rings. The maximum absolute atomic E-state index is 12.2. The summed E-state index contributed by atoms with van der Waals surface area (Å²) >= 11 is 0. The first-order valence-electron chi connectivity index (χ1n) is 8.60. The van der Waals surface area contributed by atoms with Gasteiger partial charge in [0, 0.05) is 12.1 Å². The van der Waals surface area contributed by atoms with Gasteiger partial charge in [-0.3, -0.25) is 9.78 Å². The van der Waals surface area contributed by atoms with Gasteiger partial charge in [-0.05, 0) is 36.1 Å². The second-order valence-electron chi connectivity index (χ2n) is 6.04. The van der Waals surface area contributed by atoms with Gasteiger partial charge in [0.1, 0.15) is 5.69 Å². The van der Waals surface area contributed by atoms with E-state index < -0.39 is 0 Å². The van der Waals surface area contributed by atoms with Crippen molar-refractivity contribution in [2.24, 2.45) is 0 Å². The van der Waals surface area contributed by atoms with Crippen molar-refractivity contribution in [1.82, 2.24) is 15.2 Å². The predicted molar refractivity (Wildman–Crippen MR) is 100 cm³/mol. The number of unbranched alkanes of at least 4 members (excludes halogenated alkanes) is 1. The summed E-state index contributed by atoms with van der Waals surface area (Å²) in [5.41, 5.74) is 3.41. The number of H-pyrrole nitrogens is 1. The average molecular weight is 334 g/mol. The molecule has 0 atom stereocenters. The van der Waals surface area contributed by atoms with E-state index in [1.165, 1.54) is 18.4 Å². The lowest BCUT2D eigenvalue weighted by Crippen LogP contribution is -2.18. The number of hydrogen-bond acceptors (Lipinski definition) is 4. The molecular formula is C20H22N4O. The van der Waals surface area contributed by atoms with Crippen LogP contribution in [0.4, 0.5) is 11.6 Å². The van der Waals surface area contributed by atoms with Crippen LogP contribution in [0.2, 0.25) is 0 Å². The summed E-state index contributed by atoms with van der Waals surface area (Å²) in [4.78, 5) is 15.0. The highest BCUT2D eigenvalue weighted by molar-refractivity contribution is 5.53. The van der Waals surface area contributed by atoms with Gasteiger partial charge in [0.05, 0.1) is 0 Å². The Hall–Kier alpha value is -2.95. The highest BCUT2D eigenvalue weighted by Crippen LogP contribution is 2.14. The fraction of sp³-hybridized carbons (Fsp3) is 0.250. The minimum absolute atomic E-state index is 0.221. The molecule has 25 heavy (non-hydrogen) atoms. The standard InChI is InChI=1S/C20H22N4O/c1-2-3-7-15-10-12-17(13-11-15)21-20-22-19(25)18(23-24-20)14-16-8-5-4-6-9-16/h4-6,8-13H,2-3,7,14H2,1H3,(H2,21,22,24,25). The fourth-order valence-electron chi connectivity index (χ4n) is 2.59. The second kappa shape index (κ2) is 8.24. The van der Waals surface area contributed by atoms with Crippen LogP contribution >= 0.6 is 0 Å². The van der Waals surface area contributed by atoms with Crippen molar-refractivity contribution in [1.29, 1.82) is 0 Å². The number of aromatic amines is 1. The molecule has 1 heterocycles. The van der Waals surface area contributed by atoms with E-state index in [0.717, 1.165) is 17.7 Å². The van der Waals surface area contributed by atoms with Gasteiger partial charge in [-0.25, -0.2) is 0 Å². The SMILES string of the molecule is CCCCc1ccc(Nc2nnc(Cc3ccccc3)c(=O)[nH]2)cc1. The molecule has 0 aliphatic carbocycles. The number of nitrogens with one attached hydrogen (secondary N) is 2. The van der Waals surface area contributed by atoms with E-state index in [4.69, 9.17) is 0 Å². The Morgan fingerprint density at radius 2 is 1.72 bits per heavy atom. The van der Waals surface area contributed by atoms with Crippen LogP contribution in [0.3, 0.4) is 0 Å². The van der Waals surface area contributed by atoms with Crippen molar-refractivity contribution in [3.8, 4) is 0 Å². The topological polar surface area (TPSA) is 70.7 Å². The Morgan fingerprint density at radius 3 is 2.40 bits per heavy atom. The molecule has 0 saturated heterocycles. The van der Waals surface area contributed by atoms with E-state index in [0.29, 0.717) is 18.1 Å². The van der Waals surface area contributed by atoms with Crippen molar-refractivity contribution >= 4 is 11.6 Å². The smallest absolute Gasteiger partial charge is 0.274 e. The molecule has 0 saturated carbocycles. The molecule has 0 amide bonds. The van der Waals surface area contributed by atoms with Gasteiger partial charge in [-0.1, -0.05) is 55.8 Å². The molecule has 1 aromatic heterocycles. The van der Waals surface area contributed by atoms with Crippen LogP contribution in [0.15, 0.2) is 59.4 Å². The van der Waals surface area contributed by atoms with E-state index in [2.05, 4.69) is 39.6 Å². The van der Waals surface area contributed by atoms with Gasteiger partial charge < -0.3 is 5.32 Å². The van der Waals surface area contributed by atoms with Crippen molar-refractivity contribution in [3.63, 3.8) is 0 Å². The number of aryl methyl sites for hydroxylation is 1. The lowest BCUT2D eigenvalue weighted by atomic mass is 10.1. The lowest BCUT2D eigenvalue weighted by Gasteiger charge is -2.07. The van der Waals surface area contributed by atoms with Gasteiger partial charge >= 0.3 is 0 Å². The number of rotatable bonds is 7. The minimum Gasteiger partial charge on any atom is -0.324 e. The third-order valence-corrected chi connectivity index (χ3v) is 4.01. The van der Waals surface area contributed by atoms with Crippen LogP contribution in [0.25, 0.3) is 0 Å². The number of hydrogen-bond donors (Lipinski definition) is 2. The Kier molecular flexibility index (Phi) is 5.57. The molecule has 2 aromatic carbocycles. The quantitative estimate of drug-likeness (QED) is 0.688. The molecule has 0 fully saturated rings. The first kappa shape index (κ1) is 16.9. The van der Waals surface area contributed by atoms with Gasteiger partial charge in [-0.15, -0.1) is 10.2 Å². The van der Waals surface area contributed by atoms with Crippen molar-refractivity contribution in [2.45, 2.75) is 32.6 Å². The molecule has 2 N–H and O–H groups in total.